The lowest BCUT2D eigenvalue weighted by molar-refractivity contribution is 0.406. The van der Waals surface area contributed by atoms with E-state index >= 15 is 0 Å². The molecular formula is C17H23N3. The van der Waals surface area contributed by atoms with Gasteiger partial charge in [-0.1, -0.05) is 38.1 Å². The molecule has 0 amide bonds. The van der Waals surface area contributed by atoms with Crippen LogP contribution in [0.5, 0.6) is 0 Å². The van der Waals surface area contributed by atoms with Gasteiger partial charge >= 0.3 is 0 Å². The topological polar surface area (TPSA) is 29.9 Å². The van der Waals surface area contributed by atoms with E-state index in [0.717, 1.165) is 12.2 Å². The van der Waals surface area contributed by atoms with Gasteiger partial charge in [0.1, 0.15) is 0 Å². The van der Waals surface area contributed by atoms with Crippen LogP contribution in [0.25, 0.3) is 0 Å². The first-order valence-corrected chi connectivity index (χ1v) is 7.48. The summed E-state index contributed by atoms with van der Waals surface area (Å²) in [7, 11) is 0. The average molecular weight is 269 g/mol. The fourth-order valence-corrected chi connectivity index (χ4v) is 3.17. The molecule has 1 aliphatic rings. The predicted octanol–water partition coefficient (Wildman–Crippen LogP) is 4.13. The Morgan fingerprint density at radius 1 is 1.35 bits per heavy atom. The van der Waals surface area contributed by atoms with Crippen LogP contribution in [-0.4, -0.2) is 9.78 Å². The minimum absolute atomic E-state index is 0.280. The normalized spacial score (nSPS) is 20.4. The monoisotopic (exact) mass is 269 g/mol. The first kappa shape index (κ1) is 13.2. The van der Waals surface area contributed by atoms with Crippen LogP contribution in [-0.2, 0) is 12.0 Å². The molecule has 1 unspecified atom stereocenters. The number of rotatable bonds is 3. The third-order valence-corrected chi connectivity index (χ3v) is 4.42. The summed E-state index contributed by atoms with van der Waals surface area (Å²) in [6.45, 7) is 7.71. The van der Waals surface area contributed by atoms with Gasteiger partial charge in [0.15, 0.2) is 0 Å². The van der Waals surface area contributed by atoms with E-state index in [1.807, 2.05) is 10.9 Å². The Kier molecular flexibility index (Phi) is 3.28. The van der Waals surface area contributed by atoms with Gasteiger partial charge in [0.2, 0.25) is 0 Å². The predicted molar refractivity (Wildman–Crippen MR) is 83.0 cm³/mol. The highest BCUT2D eigenvalue weighted by Gasteiger charge is 2.32. The average Bonchev–Trinajstić information content (AvgIpc) is 2.90. The largest absolute Gasteiger partial charge is 0.376 e. The summed E-state index contributed by atoms with van der Waals surface area (Å²) < 4.78 is 1.96. The van der Waals surface area contributed by atoms with Crippen molar-refractivity contribution in [1.29, 1.82) is 0 Å². The fourth-order valence-electron chi connectivity index (χ4n) is 3.17. The fraction of sp³-hybridized carbons (Fsp3) is 0.471. The van der Waals surface area contributed by atoms with Gasteiger partial charge in [-0.3, -0.25) is 4.68 Å². The number of aromatic nitrogens is 2. The van der Waals surface area contributed by atoms with Gasteiger partial charge in [-0.2, -0.15) is 5.10 Å². The molecule has 0 fully saturated rings. The molecule has 1 heterocycles. The van der Waals surface area contributed by atoms with Crippen LogP contribution < -0.4 is 5.32 Å². The zero-order chi connectivity index (χ0) is 14.2. The van der Waals surface area contributed by atoms with E-state index in [2.05, 4.69) is 61.6 Å². The Labute approximate surface area is 121 Å². The summed E-state index contributed by atoms with van der Waals surface area (Å²) >= 11 is 0. The van der Waals surface area contributed by atoms with E-state index in [1.165, 1.54) is 24.0 Å². The smallest absolute Gasteiger partial charge is 0.0731 e. The second kappa shape index (κ2) is 4.97. The summed E-state index contributed by atoms with van der Waals surface area (Å²) in [5, 5.41) is 7.99. The molecule has 2 aromatic rings. The zero-order valence-corrected chi connectivity index (χ0v) is 12.6. The molecule has 3 nitrogen and oxygen atoms in total. The van der Waals surface area contributed by atoms with Crippen molar-refractivity contribution in [2.24, 2.45) is 0 Å². The lowest BCUT2D eigenvalue weighted by Gasteiger charge is -2.37. The second-order valence-electron chi connectivity index (χ2n) is 6.29. The number of nitrogens with zero attached hydrogens (tertiary/aromatic N) is 2. The van der Waals surface area contributed by atoms with E-state index in [9.17, 15) is 0 Å². The second-order valence-corrected chi connectivity index (χ2v) is 6.29. The molecule has 1 aromatic carbocycles. The van der Waals surface area contributed by atoms with Gasteiger partial charge in [-0.25, -0.2) is 0 Å². The highest BCUT2D eigenvalue weighted by Crippen LogP contribution is 2.42. The van der Waals surface area contributed by atoms with Crippen LogP contribution in [0, 0.1) is 0 Å². The van der Waals surface area contributed by atoms with Crippen LogP contribution in [0.3, 0.4) is 0 Å². The molecule has 1 aromatic heterocycles. The standard InChI is InChI=1S/C17H23N3/c1-4-20-12-13(11-18-20)19-16-9-10-17(2,3)15-8-6-5-7-14(15)16/h5-8,11-12,16,19H,4,9-10H2,1-3H3. The SMILES string of the molecule is CCn1cc(NC2CCC(C)(C)c3ccccc32)cn1. The van der Waals surface area contributed by atoms with E-state index in [0.29, 0.717) is 6.04 Å². The van der Waals surface area contributed by atoms with Crippen molar-refractivity contribution in [2.75, 3.05) is 5.32 Å². The van der Waals surface area contributed by atoms with E-state index < -0.39 is 0 Å². The van der Waals surface area contributed by atoms with Crippen molar-refractivity contribution in [3.05, 3.63) is 47.8 Å². The first-order valence-electron chi connectivity index (χ1n) is 7.48. The molecule has 1 N–H and O–H groups in total. The molecule has 0 bridgehead atoms. The maximum atomic E-state index is 4.34. The Hall–Kier alpha value is -1.77. The number of anilines is 1. The first-order chi connectivity index (χ1) is 9.60. The maximum absolute atomic E-state index is 4.34. The number of nitrogens with one attached hydrogen (secondary N) is 1. The van der Waals surface area contributed by atoms with Gasteiger partial charge in [0.05, 0.1) is 17.9 Å². The van der Waals surface area contributed by atoms with Crippen molar-refractivity contribution >= 4 is 5.69 Å². The summed E-state index contributed by atoms with van der Waals surface area (Å²) in [5.41, 5.74) is 4.31. The van der Waals surface area contributed by atoms with Crippen molar-refractivity contribution in [3.8, 4) is 0 Å². The number of aryl methyl sites for hydroxylation is 1. The minimum Gasteiger partial charge on any atom is -0.376 e. The highest BCUT2D eigenvalue weighted by molar-refractivity contribution is 5.46. The molecular weight excluding hydrogens is 246 g/mol. The molecule has 0 saturated heterocycles. The molecule has 106 valence electrons. The summed E-state index contributed by atoms with van der Waals surface area (Å²) in [6.07, 6.45) is 6.39. The van der Waals surface area contributed by atoms with Crippen LogP contribution in [0.2, 0.25) is 0 Å². The quantitative estimate of drug-likeness (QED) is 0.908. The zero-order valence-electron chi connectivity index (χ0n) is 12.6. The number of fused-ring (bicyclic) bond motifs is 1. The third kappa shape index (κ3) is 2.33. The minimum atomic E-state index is 0.280. The molecule has 0 spiro atoms. The Morgan fingerprint density at radius 2 is 2.15 bits per heavy atom. The van der Waals surface area contributed by atoms with Crippen molar-refractivity contribution in [1.82, 2.24) is 9.78 Å². The van der Waals surface area contributed by atoms with E-state index in [1.54, 1.807) is 0 Å². The third-order valence-electron chi connectivity index (χ3n) is 4.42. The maximum Gasteiger partial charge on any atom is 0.0731 e. The molecule has 3 heteroatoms. The van der Waals surface area contributed by atoms with Crippen LogP contribution in [0.15, 0.2) is 36.7 Å². The number of hydrogen-bond donors (Lipinski definition) is 1. The number of benzene rings is 1. The van der Waals surface area contributed by atoms with Crippen molar-refractivity contribution in [2.45, 2.75) is 51.6 Å². The van der Waals surface area contributed by atoms with E-state index in [-0.39, 0.29) is 5.41 Å². The van der Waals surface area contributed by atoms with Crippen LogP contribution in [0.1, 0.15) is 50.8 Å². The number of hydrogen-bond acceptors (Lipinski definition) is 2. The van der Waals surface area contributed by atoms with Gasteiger partial charge in [-0.05, 0) is 36.3 Å². The van der Waals surface area contributed by atoms with Crippen molar-refractivity contribution in [3.63, 3.8) is 0 Å². The van der Waals surface area contributed by atoms with Crippen LogP contribution >= 0.6 is 0 Å². The summed E-state index contributed by atoms with van der Waals surface area (Å²) in [4.78, 5) is 0. The molecule has 1 atom stereocenters. The lowest BCUT2D eigenvalue weighted by Crippen LogP contribution is -2.29. The Bertz CT molecular complexity index is 598. The molecule has 0 saturated carbocycles. The highest BCUT2D eigenvalue weighted by atomic mass is 15.3. The van der Waals surface area contributed by atoms with Crippen molar-refractivity contribution < 1.29 is 0 Å². The van der Waals surface area contributed by atoms with Crippen LogP contribution in [0.4, 0.5) is 5.69 Å². The van der Waals surface area contributed by atoms with Gasteiger partial charge in [-0.15, -0.1) is 0 Å². The van der Waals surface area contributed by atoms with E-state index in [4.69, 9.17) is 0 Å². The summed E-state index contributed by atoms with van der Waals surface area (Å²) in [6, 6.07) is 9.23. The molecule has 1 aliphatic carbocycles. The van der Waals surface area contributed by atoms with Gasteiger partial charge in [0, 0.05) is 12.7 Å². The molecule has 3 rings (SSSR count). The van der Waals surface area contributed by atoms with Gasteiger partial charge in [0.25, 0.3) is 0 Å². The molecule has 0 aliphatic heterocycles. The Morgan fingerprint density at radius 3 is 2.90 bits per heavy atom. The Balaban J connectivity index is 1.88. The summed E-state index contributed by atoms with van der Waals surface area (Å²) in [5.74, 6) is 0. The lowest BCUT2D eigenvalue weighted by atomic mass is 9.71. The molecule has 0 radical (unpaired) electrons. The van der Waals surface area contributed by atoms with Gasteiger partial charge < -0.3 is 5.32 Å². The molecule has 20 heavy (non-hydrogen) atoms.